The van der Waals surface area contributed by atoms with Gasteiger partial charge in [0.15, 0.2) is 0 Å². The van der Waals surface area contributed by atoms with Crippen molar-refractivity contribution in [2.45, 2.75) is 0 Å². The number of nitrogen functional groups attached to an aromatic ring is 1. The highest BCUT2D eigenvalue weighted by Crippen LogP contribution is 2.22. The van der Waals surface area contributed by atoms with E-state index in [0.29, 0.717) is 16.6 Å². The SMILES string of the molecule is CN1CCN(c2cc(C=NNc3nc(N)cs3)ccc2F)CC1. The molecule has 3 N–H and O–H groups in total. The van der Waals surface area contributed by atoms with Crippen LogP contribution in [0.4, 0.5) is 21.0 Å². The van der Waals surface area contributed by atoms with Crippen molar-refractivity contribution in [2.24, 2.45) is 5.10 Å². The summed E-state index contributed by atoms with van der Waals surface area (Å²) in [5.41, 5.74) is 9.82. The molecule has 0 saturated carbocycles. The Hall–Kier alpha value is -2.19. The fourth-order valence-electron chi connectivity index (χ4n) is 2.40. The zero-order chi connectivity index (χ0) is 16.2. The first-order valence-electron chi connectivity index (χ1n) is 7.35. The normalized spacial score (nSPS) is 16.2. The molecule has 1 aliphatic heterocycles. The molecule has 1 aromatic heterocycles. The van der Waals surface area contributed by atoms with Crippen LogP contribution in [0.3, 0.4) is 0 Å². The van der Waals surface area contributed by atoms with E-state index >= 15 is 0 Å². The third-order valence-corrected chi connectivity index (χ3v) is 4.48. The molecule has 0 atom stereocenters. The van der Waals surface area contributed by atoms with Gasteiger partial charge in [-0.25, -0.2) is 9.37 Å². The van der Waals surface area contributed by atoms with E-state index in [4.69, 9.17) is 5.73 Å². The standard InChI is InChI=1S/C15H19FN6S/c1-21-4-6-22(7-5-21)13-8-11(2-3-12(13)16)9-18-20-15-19-14(17)10-23-15/h2-3,8-10H,4-7,17H2,1H3,(H,19,20). The molecule has 2 aromatic rings. The molecular weight excluding hydrogens is 315 g/mol. The predicted molar refractivity (Wildman–Crippen MR) is 93.9 cm³/mol. The Balaban J connectivity index is 1.69. The quantitative estimate of drug-likeness (QED) is 0.662. The van der Waals surface area contributed by atoms with E-state index in [1.165, 1.54) is 17.4 Å². The van der Waals surface area contributed by atoms with Gasteiger partial charge in [-0.15, -0.1) is 11.3 Å². The Labute approximate surface area is 138 Å². The second kappa shape index (κ2) is 6.93. The number of likely N-dealkylation sites (N-methyl/N-ethyl adjacent to an activating group) is 1. The third kappa shape index (κ3) is 3.96. The summed E-state index contributed by atoms with van der Waals surface area (Å²) in [5, 5.41) is 6.48. The summed E-state index contributed by atoms with van der Waals surface area (Å²) in [4.78, 5) is 8.36. The fraction of sp³-hybridized carbons (Fsp3) is 0.333. The van der Waals surface area contributed by atoms with Crippen molar-refractivity contribution in [3.05, 3.63) is 35.0 Å². The van der Waals surface area contributed by atoms with Crippen LogP contribution in [-0.4, -0.2) is 49.3 Å². The van der Waals surface area contributed by atoms with Gasteiger partial charge in [0.1, 0.15) is 11.6 Å². The van der Waals surface area contributed by atoms with Gasteiger partial charge >= 0.3 is 0 Å². The van der Waals surface area contributed by atoms with Crippen molar-refractivity contribution in [3.63, 3.8) is 0 Å². The smallest absolute Gasteiger partial charge is 0.205 e. The number of hydrogen-bond acceptors (Lipinski definition) is 7. The number of hydrogen-bond donors (Lipinski definition) is 2. The molecular formula is C15H19FN6S. The molecule has 6 nitrogen and oxygen atoms in total. The van der Waals surface area contributed by atoms with Crippen molar-refractivity contribution in [2.75, 3.05) is 49.3 Å². The number of aromatic nitrogens is 1. The minimum Gasteiger partial charge on any atom is -0.383 e. The van der Waals surface area contributed by atoms with Crippen molar-refractivity contribution < 1.29 is 4.39 Å². The summed E-state index contributed by atoms with van der Waals surface area (Å²) in [6, 6.07) is 5.01. The molecule has 122 valence electrons. The van der Waals surface area contributed by atoms with Crippen molar-refractivity contribution in [1.82, 2.24) is 9.88 Å². The van der Waals surface area contributed by atoms with Gasteiger partial charge in [-0.2, -0.15) is 5.10 Å². The van der Waals surface area contributed by atoms with Gasteiger partial charge in [-0.1, -0.05) is 6.07 Å². The minimum absolute atomic E-state index is 0.202. The lowest BCUT2D eigenvalue weighted by molar-refractivity contribution is 0.311. The van der Waals surface area contributed by atoms with Gasteiger partial charge in [0, 0.05) is 31.6 Å². The zero-order valence-electron chi connectivity index (χ0n) is 12.9. The number of rotatable bonds is 4. The molecule has 1 aromatic carbocycles. The molecule has 0 aliphatic carbocycles. The lowest BCUT2D eigenvalue weighted by Crippen LogP contribution is -2.44. The third-order valence-electron chi connectivity index (χ3n) is 3.71. The number of benzene rings is 1. The number of thiazole rings is 1. The summed E-state index contributed by atoms with van der Waals surface area (Å²) >= 11 is 1.38. The van der Waals surface area contributed by atoms with Gasteiger partial charge in [-0.05, 0) is 24.7 Å². The van der Waals surface area contributed by atoms with Gasteiger partial charge in [0.2, 0.25) is 5.13 Å². The second-order valence-corrected chi connectivity index (χ2v) is 6.31. The number of nitrogens with zero attached hydrogens (tertiary/aromatic N) is 4. The molecule has 2 heterocycles. The van der Waals surface area contributed by atoms with E-state index < -0.39 is 0 Å². The van der Waals surface area contributed by atoms with E-state index in [0.717, 1.165) is 31.7 Å². The van der Waals surface area contributed by atoms with Crippen molar-refractivity contribution >= 4 is 34.2 Å². The molecule has 8 heteroatoms. The van der Waals surface area contributed by atoms with Crippen LogP contribution in [0, 0.1) is 5.82 Å². The van der Waals surface area contributed by atoms with E-state index in [2.05, 4.69) is 32.4 Å². The van der Waals surface area contributed by atoms with Crippen LogP contribution in [0.25, 0.3) is 0 Å². The fourth-order valence-corrected chi connectivity index (χ4v) is 2.95. The monoisotopic (exact) mass is 334 g/mol. The first-order chi connectivity index (χ1) is 11.1. The first kappa shape index (κ1) is 15.7. The van der Waals surface area contributed by atoms with Crippen molar-refractivity contribution in [3.8, 4) is 0 Å². The van der Waals surface area contributed by atoms with Crippen LogP contribution < -0.4 is 16.1 Å². The molecule has 0 spiro atoms. The van der Waals surface area contributed by atoms with Crippen LogP contribution in [-0.2, 0) is 0 Å². The molecule has 0 radical (unpaired) electrons. The summed E-state index contributed by atoms with van der Waals surface area (Å²) in [6.45, 7) is 3.52. The number of nitrogens with two attached hydrogens (primary N) is 1. The van der Waals surface area contributed by atoms with E-state index in [1.807, 2.05) is 6.07 Å². The summed E-state index contributed by atoms with van der Waals surface area (Å²) in [5.74, 6) is 0.263. The number of piperazine rings is 1. The molecule has 0 bridgehead atoms. The van der Waals surface area contributed by atoms with Crippen LogP contribution >= 0.6 is 11.3 Å². The summed E-state index contributed by atoms with van der Waals surface area (Å²) in [7, 11) is 2.08. The van der Waals surface area contributed by atoms with Crippen molar-refractivity contribution in [1.29, 1.82) is 0 Å². The maximum Gasteiger partial charge on any atom is 0.205 e. The highest BCUT2D eigenvalue weighted by Gasteiger charge is 2.17. The Morgan fingerprint density at radius 3 is 2.83 bits per heavy atom. The lowest BCUT2D eigenvalue weighted by Gasteiger charge is -2.34. The minimum atomic E-state index is -0.202. The van der Waals surface area contributed by atoms with Crippen LogP contribution in [0.2, 0.25) is 0 Å². The average Bonchev–Trinajstić information content (AvgIpc) is 2.95. The highest BCUT2D eigenvalue weighted by molar-refractivity contribution is 7.14. The summed E-state index contributed by atoms with van der Waals surface area (Å²) < 4.78 is 14.1. The van der Waals surface area contributed by atoms with Crippen LogP contribution in [0.1, 0.15) is 5.56 Å². The van der Waals surface area contributed by atoms with E-state index in [9.17, 15) is 4.39 Å². The number of halogens is 1. The Morgan fingerprint density at radius 2 is 2.13 bits per heavy atom. The molecule has 1 saturated heterocycles. The Bertz CT molecular complexity index is 693. The largest absolute Gasteiger partial charge is 0.383 e. The number of nitrogens with one attached hydrogen (secondary N) is 1. The van der Waals surface area contributed by atoms with Crippen LogP contribution in [0.15, 0.2) is 28.7 Å². The number of anilines is 3. The maximum atomic E-state index is 14.1. The predicted octanol–water partition coefficient (Wildman–Crippen LogP) is 2.06. The van der Waals surface area contributed by atoms with Gasteiger partial charge < -0.3 is 15.5 Å². The average molecular weight is 334 g/mol. The Morgan fingerprint density at radius 1 is 1.35 bits per heavy atom. The molecule has 1 fully saturated rings. The Kier molecular flexibility index (Phi) is 4.73. The molecule has 1 aliphatic rings. The van der Waals surface area contributed by atoms with Crippen LogP contribution in [0.5, 0.6) is 0 Å². The zero-order valence-corrected chi connectivity index (χ0v) is 13.7. The molecule has 0 unspecified atom stereocenters. The molecule has 0 amide bonds. The van der Waals surface area contributed by atoms with Gasteiger partial charge in [-0.3, -0.25) is 5.43 Å². The van der Waals surface area contributed by atoms with E-state index in [1.54, 1.807) is 17.7 Å². The lowest BCUT2D eigenvalue weighted by atomic mass is 10.1. The number of hydrazone groups is 1. The summed E-state index contributed by atoms with van der Waals surface area (Å²) in [6.07, 6.45) is 1.65. The second-order valence-electron chi connectivity index (χ2n) is 5.45. The molecule has 3 rings (SSSR count). The first-order valence-corrected chi connectivity index (χ1v) is 8.23. The molecule has 23 heavy (non-hydrogen) atoms. The van der Waals surface area contributed by atoms with Gasteiger partial charge in [0.05, 0.1) is 11.9 Å². The topological polar surface area (TPSA) is 69.8 Å². The van der Waals surface area contributed by atoms with E-state index in [-0.39, 0.29) is 5.82 Å². The van der Waals surface area contributed by atoms with Gasteiger partial charge in [0.25, 0.3) is 0 Å². The highest BCUT2D eigenvalue weighted by atomic mass is 32.1. The maximum absolute atomic E-state index is 14.1.